The highest BCUT2D eigenvalue weighted by molar-refractivity contribution is 7.09. The Bertz CT molecular complexity index is 642. The number of hydrogen-bond donors (Lipinski definition) is 3. The average Bonchev–Trinajstić information content (AvgIpc) is 2.90. The molecule has 0 saturated carbocycles. The molecule has 0 aliphatic heterocycles. The number of nitrogens with zero attached hydrogens (tertiary/aromatic N) is 2. The third-order valence-corrected chi connectivity index (χ3v) is 3.82. The van der Waals surface area contributed by atoms with Crippen molar-refractivity contribution in [2.24, 2.45) is 10.9 Å². The second-order valence-corrected chi connectivity index (χ2v) is 5.61. The van der Waals surface area contributed by atoms with Gasteiger partial charge in [-0.25, -0.2) is 9.37 Å². The molecule has 0 spiro atoms. The van der Waals surface area contributed by atoms with Crippen LogP contribution in [0.4, 0.5) is 4.39 Å². The van der Waals surface area contributed by atoms with E-state index >= 15 is 0 Å². The van der Waals surface area contributed by atoms with Crippen LogP contribution in [0.3, 0.4) is 0 Å². The van der Waals surface area contributed by atoms with Crippen molar-refractivity contribution in [3.8, 4) is 0 Å². The van der Waals surface area contributed by atoms with Gasteiger partial charge in [-0.1, -0.05) is 17.3 Å². The van der Waals surface area contributed by atoms with Gasteiger partial charge in [0.2, 0.25) is 0 Å². The van der Waals surface area contributed by atoms with E-state index in [-0.39, 0.29) is 11.4 Å². The summed E-state index contributed by atoms with van der Waals surface area (Å²) in [7, 11) is 0. The predicted molar refractivity (Wildman–Crippen MR) is 81.2 cm³/mol. The lowest BCUT2D eigenvalue weighted by atomic mass is 10.1. The van der Waals surface area contributed by atoms with Crippen LogP contribution < -0.4 is 11.1 Å². The Hall–Kier alpha value is -1.99. The molecule has 0 unspecified atom stereocenters. The molecule has 0 aliphatic rings. The van der Waals surface area contributed by atoms with Gasteiger partial charge in [-0.05, 0) is 13.0 Å². The minimum Gasteiger partial charge on any atom is -0.409 e. The molecule has 5 nitrogen and oxygen atoms in total. The number of rotatable bonds is 6. The number of nitrogens with one attached hydrogen (secondary N) is 1. The molecule has 2 rings (SSSR count). The van der Waals surface area contributed by atoms with Crippen LogP contribution >= 0.6 is 11.3 Å². The molecule has 1 heterocycles. The molecule has 0 atom stereocenters. The number of aromatic nitrogens is 1. The molecule has 1 aromatic heterocycles. The minimum absolute atomic E-state index is 0.104. The Morgan fingerprint density at radius 3 is 3.00 bits per heavy atom. The van der Waals surface area contributed by atoms with Gasteiger partial charge >= 0.3 is 0 Å². The van der Waals surface area contributed by atoms with Gasteiger partial charge in [0, 0.05) is 30.5 Å². The van der Waals surface area contributed by atoms with Crippen molar-refractivity contribution in [3.05, 3.63) is 51.2 Å². The number of hydrogen-bond acceptors (Lipinski definition) is 5. The van der Waals surface area contributed by atoms with Gasteiger partial charge in [0.25, 0.3) is 0 Å². The van der Waals surface area contributed by atoms with Crippen LogP contribution in [0.15, 0.2) is 28.7 Å². The van der Waals surface area contributed by atoms with E-state index in [1.807, 2.05) is 12.3 Å². The van der Waals surface area contributed by atoms with Gasteiger partial charge in [0.05, 0.1) is 16.3 Å². The summed E-state index contributed by atoms with van der Waals surface area (Å²) in [6.07, 6.45) is 0.798. The topological polar surface area (TPSA) is 83.5 Å². The van der Waals surface area contributed by atoms with Crippen molar-refractivity contribution in [1.82, 2.24) is 10.3 Å². The first-order valence-corrected chi connectivity index (χ1v) is 7.36. The number of aryl methyl sites for hydroxylation is 1. The van der Waals surface area contributed by atoms with Crippen molar-refractivity contribution < 1.29 is 9.60 Å². The predicted octanol–water partition coefficient (Wildman–Crippen LogP) is 2.02. The van der Waals surface area contributed by atoms with Gasteiger partial charge in [-0.15, -0.1) is 11.3 Å². The SMILES string of the molecule is Cc1nc(CCNCc2cccc(/C(N)=N/O)c2F)cs1. The Morgan fingerprint density at radius 2 is 2.33 bits per heavy atom. The van der Waals surface area contributed by atoms with Crippen LogP contribution in [-0.4, -0.2) is 22.6 Å². The minimum atomic E-state index is -0.468. The summed E-state index contributed by atoms with van der Waals surface area (Å²) in [6.45, 7) is 3.05. The van der Waals surface area contributed by atoms with Gasteiger partial charge in [-0.3, -0.25) is 0 Å². The van der Waals surface area contributed by atoms with Crippen LogP contribution in [0.25, 0.3) is 0 Å². The molecule has 0 fully saturated rings. The van der Waals surface area contributed by atoms with Crippen molar-refractivity contribution >= 4 is 17.2 Å². The van der Waals surface area contributed by atoms with Crippen LogP contribution in [0.1, 0.15) is 21.8 Å². The van der Waals surface area contributed by atoms with E-state index in [1.54, 1.807) is 23.5 Å². The number of halogens is 1. The quantitative estimate of drug-likeness (QED) is 0.251. The molecule has 0 amide bonds. The van der Waals surface area contributed by atoms with E-state index in [9.17, 15) is 4.39 Å². The van der Waals surface area contributed by atoms with E-state index in [0.29, 0.717) is 18.7 Å². The number of amidine groups is 1. The van der Waals surface area contributed by atoms with E-state index in [1.165, 1.54) is 6.07 Å². The maximum absolute atomic E-state index is 14.1. The maximum Gasteiger partial charge on any atom is 0.173 e. The van der Waals surface area contributed by atoms with Gasteiger partial charge in [-0.2, -0.15) is 0 Å². The lowest BCUT2D eigenvalue weighted by Gasteiger charge is -2.08. The monoisotopic (exact) mass is 308 g/mol. The van der Waals surface area contributed by atoms with Crippen molar-refractivity contribution in [3.63, 3.8) is 0 Å². The van der Waals surface area contributed by atoms with Crippen LogP contribution in [-0.2, 0) is 13.0 Å². The number of thiazole rings is 1. The standard InChI is InChI=1S/C14H17FN4OS/c1-9-18-11(8-21-9)5-6-17-7-10-3-2-4-12(13(10)15)14(16)19-20/h2-4,8,17,20H,5-7H2,1H3,(H2,16,19). The molecule has 2 aromatic rings. The van der Waals surface area contributed by atoms with E-state index < -0.39 is 5.82 Å². The molecule has 0 aliphatic carbocycles. The Kier molecular flexibility index (Phi) is 5.24. The maximum atomic E-state index is 14.1. The smallest absolute Gasteiger partial charge is 0.173 e. The summed E-state index contributed by atoms with van der Waals surface area (Å²) in [6, 6.07) is 4.83. The number of nitrogens with two attached hydrogens (primary N) is 1. The molecule has 112 valence electrons. The van der Waals surface area contributed by atoms with Crippen LogP contribution in [0.5, 0.6) is 0 Å². The zero-order chi connectivity index (χ0) is 15.2. The van der Waals surface area contributed by atoms with Gasteiger partial charge < -0.3 is 16.3 Å². The highest BCUT2D eigenvalue weighted by Crippen LogP contribution is 2.13. The van der Waals surface area contributed by atoms with Gasteiger partial charge in [0.1, 0.15) is 5.82 Å². The fourth-order valence-electron chi connectivity index (χ4n) is 1.93. The average molecular weight is 308 g/mol. The van der Waals surface area contributed by atoms with E-state index in [4.69, 9.17) is 10.9 Å². The Labute approximate surface area is 126 Å². The first-order chi connectivity index (χ1) is 10.1. The zero-order valence-electron chi connectivity index (χ0n) is 11.6. The third-order valence-electron chi connectivity index (χ3n) is 3.00. The van der Waals surface area contributed by atoms with E-state index in [2.05, 4.69) is 15.5 Å². The largest absolute Gasteiger partial charge is 0.409 e. The molecule has 0 bridgehead atoms. The lowest BCUT2D eigenvalue weighted by molar-refractivity contribution is 0.318. The Morgan fingerprint density at radius 1 is 1.52 bits per heavy atom. The summed E-state index contributed by atoms with van der Waals surface area (Å²) in [4.78, 5) is 4.37. The summed E-state index contributed by atoms with van der Waals surface area (Å²) in [5, 5.41) is 17.7. The van der Waals surface area contributed by atoms with Crippen molar-refractivity contribution in [2.45, 2.75) is 19.9 Å². The van der Waals surface area contributed by atoms with Crippen molar-refractivity contribution in [2.75, 3.05) is 6.54 Å². The first-order valence-electron chi connectivity index (χ1n) is 6.49. The third kappa shape index (κ3) is 3.99. The molecule has 4 N–H and O–H groups in total. The molecule has 0 saturated heterocycles. The Balaban J connectivity index is 1.91. The highest BCUT2D eigenvalue weighted by atomic mass is 32.1. The second-order valence-electron chi connectivity index (χ2n) is 4.55. The number of benzene rings is 1. The van der Waals surface area contributed by atoms with Gasteiger partial charge in [0.15, 0.2) is 5.84 Å². The highest BCUT2D eigenvalue weighted by Gasteiger charge is 2.11. The summed E-state index contributed by atoms with van der Waals surface area (Å²) < 4.78 is 14.1. The van der Waals surface area contributed by atoms with Crippen molar-refractivity contribution in [1.29, 1.82) is 0 Å². The van der Waals surface area contributed by atoms with Crippen LogP contribution in [0, 0.1) is 12.7 Å². The fraction of sp³-hybridized carbons (Fsp3) is 0.286. The molecular formula is C14H17FN4OS. The first kappa shape index (κ1) is 15.4. The van der Waals surface area contributed by atoms with Crippen LogP contribution in [0.2, 0.25) is 0 Å². The summed E-state index contributed by atoms with van der Waals surface area (Å²) in [5.41, 5.74) is 7.05. The molecule has 7 heteroatoms. The van der Waals surface area contributed by atoms with E-state index in [0.717, 1.165) is 17.1 Å². The fourth-order valence-corrected chi connectivity index (χ4v) is 2.58. The molecular weight excluding hydrogens is 291 g/mol. The summed E-state index contributed by atoms with van der Waals surface area (Å²) >= 11 is 1.62. The molecule has 0 radical (unpaired) electrons. The number of oxime groups is 1. The molecule has 21 heavy (non-hydrogen) atoms. The summed E-state index contributed by atoms with van der Waals surface area (Å²) in [5.74, 6) is -0.697. The normalized spacial score (nSPS) is 11.8. The zero-order valence-corrected chi connectivity index (χ0v) is 12.5. The lowest BCUT2D eigenvalue weighted by Crippen LogP contribution is -2.20. The molecule has 1 aromatic carbocycles. The second kappa shape index (κ2) is 7.14.